The lowest BCUT2D eigenvalue weighted by molar-refractivity contribution is -0.140. The number of hydrogen-bond acceptors (Lipinski definition) is 3. The molecule has 1 aliphatic rings. The Labute approximate surface area is 112 Å². The van der Waals surface area contributed by atoms with Gasteiger partial charge >= 0.3 is 5.97 Å². The highest BCUT2D eigenvalue weighted by atomic mass is 16.4. The Bertz CT molecular complexity index is 532. The van der Waals surface area contributed by atoms with Gasteiger partial charge in [0.05, 0.1) is 5.56 Å². The summed E-state index contributed by atoms with van der Waals surface area (Å²) in [5.74, 6) is -0.876. The highest BCUT2D eigenvalue weighted by molar-refractivity contribution is 5.89. The fourth-order valence-corrected chi connectivity index (χ4v) is 2.33. The summed E-state index contributed by atoms with van der Waals surface area (Å²) in [6, 6.07) is 0. The maximum atomic E-state index is 12.2. The normalized spacial score (nSPS) is 15.0. The Morgan fingerprint density at radius 3 is 2.58 bits per heavy atom. The van der Waals surface area contributed by atoms with Gasteiger partial charge in [-0.3, -0.25) is 9.78 Å². The van der Waals surface area contributed by atoms with E-state index < -0.39 is 11.4 Å². The van der Waals surface area contributed by atoms with Gasteiger partial charge in [-0.1, -0.05) is 20.8 Å². The smallest absolute Gasteiger partial charge is 0.337 e. The molecule has 0 spiro atoms. The van der Waals surface area contributed by atoms with E-state index in [1.807, 2.05) is 20.8 Å². The zero-order chi connectivity index (χ0) is 14.2. The molecule has 1 amide bonds. The van der Waals surface area contributed by atoms with Crippen molar-refractivity contribution in [3.63, 3.8) is 0 Å². The number of carbonyl (C=O) groups is 2. The topological polar surface area (TPSA) is 70.5 Å². The zero-order valence-electron chi connectivity index (χ0n) is 11.4. The van der Waals surface area contributed by atoms with Crippen molar-refractivity contribution in [1.29, 1.82) is 0 Å². The molecule has 1 aromatic heterocycles. The van der Waals surface area contributed by atoms with Crippen LogP contribution in [-0.2, 0) is 17.8 Å². The first-order valence-corrected chi connectivity index (χ1v) is 6.29. The van der Waals surface area contributed by atoms with Crippen molar-refractivity contribution in [2.24, 2.45) is 5.41 Å². The highest BCUT2D eigenvalue weighted by Gasteiger charge is 2.30. The van der Waals surface area contributed by atoms with Crippen LogP contribution < -0.4 is 0 Å². The van der Waals surface area contributed by atoms with E-state index in [1.54, 1.807) is 11.1 Å². The number of nitrogens with zero attached hydrogens (tertiary/aromatic N) is 2. The van der Waals surface area contributed by atoms with Crippen LogP contribution in [0, 0.1) is 5.41 Å². The first-order chi connectivity index (χ1) is 8.80. The molecule has 2 heterocycles. The Morgan fingerprint density at radius 2 is 2.00 bits per heavy atom. The van der Waals surface area contributed by atoms with Crippen molar-refractivity contribution in [2.45, 2.75) is 33.7 Å². The number of amides is 1. The molecule has 0 unspecified atom stereocenters. The lowest BCUT2D eigenvalue weighted by atomic mass is 9.91. The number of carboxylic acids is 1. The molecule has 2 rings (SSSR count). The van der Waals surface area contributed by atoms with Crippen LogP contribution in [0.15, 0.2) is 12.4 Å². The largest absolute Gasteiger partial charge is 0.478 e. The Hall–Kier alpha value is -1.91. The summed E-state index contributed by atoms with van der Waals surface area (Å²) in [6.07, 6.45) is 3.60. The molecule has 1 N–H and O–H groups in total. The van der Waals surface area contributed by atoms with E-state index in [0.29, 0.717) is 19.5 Å². The van der Waals surface area contributed by atoms with Crippen LogP contribution in [-0.4, -0.2) is 33.4 Å². The van der Waals surface area contributed by atoms with Gasteiger partial charge in [-0.05, 0) is 17.5 Å². The van der Waals surface area contributed by atoms with Crippen LogP contribution in [0.4, 0.5) is 0 Å². The van der Waals surface area contributed by atoms with Crippen LogP contribution in [0.5, 0.6) is 0 Å². The van der Waals surface area contributed by atoms with Crippen molar-refractivity contribution in [3.8, 4) is 0 Å². The minimum absolute atomic E-state index is 0.0823. The molecule has 102 valence electrons. The van der Waals surface area contributed by atoms with E-state index in [9.17, 15) is 9.59 Å². The SMILES string of the molecule is CC(C)(C)C(=O)N1CCc2c(cncc2C(=O)O)C1. The average Bonchev–Trinajstić information content (AvgIpc) is 2.35. The molecule has 1 aromatic rings. The number of pyridine rings is 1. The van der Waals surface area contributed by atoms with Crippen LogP contribution in [0.1, 0.15) is 42.3 Å². The number of fused-ring (bicyclic) bond motifs is 1. The number of hydrogen-bond donors (Lipinski definition) is 1. The van der Waals surface area contributed by atoms with Gasteiger partial charge in [-0.25, -0.2) is 4.79 Å². The molecule has 5 heteroatoms. The molecule has 0 atom stereocenters. The summed E-state index contributed by atoms with van der Waals surface area (Å²) in [4.78, 5) is 29.1. The summed E-state index contributed by atoms with van der Waals surface area (Å²) in [5, 5.41) is 9.12. The van der Waals surface area contributed by atoms with Crippen molar-refractivity contribution in [2.75, 3.05) is 6.54 Å². The lowest BCUT2D eigenvalue weighted by Gasteiger charge is -2.33. The fourth-order valence-electron chi connectivity index (χ4n) is 2.33. The summed E-state index contributed by atoms with van der Waals surface area (Å²) in [6.45, 7) is 6.66. The fraction of sp³-hybridized carbons (Fsp3) is 0.500. The maximum Gasteiger partial charge on any atom is 0.337 e. The van der Waals surface area contributed by atoms with Crippen molar-refractivity contribution >= 4 is 11.9 Å². The second-order valence-corrected chi connectivity index (χ2v) is 5.86. The van der Waals surface area contributed by atoms with Gasteiger partial charge < -0.3 is 10.0 Å². The number of aromatic nitrogens is 1. The molecule has 19 heavy (non-hydrogen) atoms. The quantitative estimate of drug-likeness (QED) is 0.836. The number of aromatic carboxylic acids is 1. The van der Waals surface area contributed by atoms with Crippen molar-refractivity contribution in [3.05, 3.63) is 29.1 Å². The number of carboxylic acid groups (broad SMARTS) is 1. The van der Waals surface area contributed by atoms with Crippen LogP contribution in [0.2, 0.25) is 0 Å². The molecule has 0 radical (unpaired) electrons. The van der Waals surface area contributed by atoms with E-state index in [-0.39, 0.29) is 11.5 Å². The molecule has 0 aliphatic carbocycles. The molecular formula is C14H18N2O3. The second kappa shape index (κ2) is 4.64. The van der Waals surface area contributed by atoms with E-state index >= 15 is 0 Å². The third-order valence-electron chi connectivity index (χ3n) is 3.30. The third kappa shape index (κ3) is 2.59. The van der Waals surface area contributed by atoms with E-state index in [1.165, 1.54) is 6.20 Å². The standard InChI is InChI=1S/C14H18N2O3/c1-14(2,3)13(19)16-5-4-10-9(8-16)6-15-7-11(10)12(17)18/h6-7H,4-5,8H2,1-3H3,(H,17,18). The van der Waals surface area contributed by atoms with Gasteiger partial charge in [0.1, 0.15) is 0 Å². The summed E-state index contributed by atoms with van der Waals surface area (Å²) in [7, 11) is 0. The van der Waals surface area contributed by atoms with Gasteiger partial charge in [-0.15, -0.1) is 0 Å². The minimum atomic E-state index is -0.958. The first-order valence-electron chi connectivity index (χ1n) is 6.29. The number of rotatable bonds is 1. The van der Waals surface area contributed by atoms with E-state index in [4.69, 9.17) is 5.11 Å². The molecular weight excluding hydrogens is 244 g/mol. The molecule has 0 fully saturated rings. The van der Waals surface area contributed by atoms with Gasteiger partial charge in [0.15, 0.2) is 0 Å². The predicted octanol–water partition coefficient (Wildman–Crippen LogP) is 1.71. The van der Waals surface area contributed by atoms with Gasteiger partial charge in [0.2, 0.25) is 5.91 Å². The van der Waals surface area contributed by atoms with Gasteiger partial charge in [0, 0.05) is 30.9 Å². The summed E-state index contributed by atoms with van der Waals surface area (Å²) >= 11 is 0. The second-order valence-electron chi connectivity index (χ2n) is 5.86. The van der Waals surface area contributed by atoms with Crippen LogP contribution in [0.25, 0.3) is 0 Å². The molecule has 5 nitrogen and oxygen atoms in total. The lowest BCUT2D eigenvalue weighted by Crippen LogP contribution is -2.42. The zero-order valence-corrected chi connectivity index (χ0v) is 11.4. The number of carbonyl (C=O) groups excluding carboxylic acids is 1. The minimum Gasteiger partial charge on any atom is -0.478 e. The third-order valence-corrected chi connectivity index (χ3v) is 3.30. The molecule has 0 saturated carbocycles. The Kier molecular flexibility index (Phi) is 3.30. The molecule has 0 saturated heterocycles. The van der Waals surface area contributed by atoms with Gasteiger partial charge in [0.25, 0.3) is 0 Å². The first kappa shape index (κ1) is 13.5. The molecule has 1 aliphatic heterocycles. The predicted molar refractivity (Wildman–Crippen MR) is 69.8 cm³/mol. The Morgan fingerprint density at radius 1 is 1.32 bits per heavy atom. The summed E-state index contributed by atoms with van der Waals surface area (Å²) in [5.41, 5.74) is 1.47. The molecule has 0 bridgehead atoms. The van der Waals surface area contributed by atoms with E-state index in [0.717, 1.165) is 11.1 Å². The monoisotopic (exact) mass is 262 g/mol. The average molecular weight is 262 g/mol. The summed E-state index contributed by atoms with van der Waals surface area (Å²) < 4.78 is 0. The van der Waals surface area contributed by atoms with Gasteiger partial charge in [-0.2, -0.15) is 0 Å². The Balaban J connectivity index is 2.29. The van der Waals surface area contributed by atoms with Crippen LogP contribution in [0.3, 0.4) is 0 Å². The van der Waals surface area contributed by atoms with Crippen molar-refractivity contribution in [1.82, 2.24) is 9.88 Å². The van der Waals surface area contributed by atoms with Crippen LogP contribution >= 0.6 is 0 Å². The molecule has 0 aromatic carbocycles. The maximum absolute atomic E-state index is 12.2. The van der Waals surface area contributed by atoms with Crippen molar-refractivity contribution < 1.29 is 14.7 Å². The van der Waals surface area contributed by atoms with E-state index in [2.05, 4.69) is 4.98 Å². The highest BCUT2D eigenvalue weighted by Crippen LogP contribution is 2.25.